The maximum atomic E-state index is 14.4. The summed E-state index contributed by atoms with van der Waals surface area (Å²) in [5, 5.41) is 10.1. The topological polar surface area (TPSA) is 107 Å². The average Bonchev–Trinajstić information content (AvgIpc) is 3.26. The van der Waals surface area contributed by atoms with Crippen molar-refractivity contribution in [2.45, 2.75) is 5.92 Å². The lowest BCUT2D eigenvalue weighted by Crippen LogP contribution is -2.36. The number of carbonyl (C=O) groups is 1. The van der Waals surface area contributed by atoms with Crippen molar-refractivity contribution in [3.05, 3.63) is 48.9 Å². The van der Waals surface area contributed by atoms with E-state index in [4.69, 9.17) is 4.74 Å². The SMILES string of the molecule is COc1cc2ncnc(-c3cn(C)nc3-c3ccccc3)c2nc1NC(=O)C12CNCC1C2(F)F. The van der Waals surface area contributed by atoms with E-state index < -0.39 is 23.2 Å². The Hall–Kier alpha value is -3.99. The Labute approximate surface area is 198 Å². The van der Waals surface area contributed by atoms with Crippen molar-refractivity contribution in [1.82, 2.24) is 30.0 Å². The number of benzene rings is 1. The van der Waals surface area contributed by atoms with E-state index in [1.165, 1.54) is 13.4 Å². The van der Waals surface area contributed by atoms with Crippen LogP contribution in [0.3, 0.4) is 0 Å². The number of fused-ring (bicyclic) bond motifs is 2. The van der Waals surface area contributed by atoms with Crippen LogP contribution < -0.4 is 15.4 Å². The summed E-state index contributed by atoms with van der Waals surface area (Å²) in [5.74, 6) is -4.61. The molecule has 1 saturated carbocycles. The van der Waals surface area contributed by atoms with E-state index in [0.29, 0.717) is 28.0 Å². The van der Waals surface area contributed by atoms with E-state index in [0.717, 1.165) is 5.56 Å². The summed E-state index contributed by atoms with van der Waals surface area (Å²) < 4.78 is 35.9. The Bertz CT molecular complexity index is 1470. The van der Waals surface area contributed by atoms with Gasteiger partial charge < -0.3 is 15.4 Å². The molecule has 2 unspecified atom stereocenters. The molecule has 6 rings (SSSR count). The number of halogens is 2. The van der Waals surface area contributed by atoms with Crippen molar-refractivity contribution < 1.29 is 18.3 Å². The summed E-state index contributed by atoms with van der Waals surface area (Å²) in [6, 6.07) is 11.2. The number of anilines is 1. The van der Waals surface area contributed by atoms with Crippen LogP contribution in [-0.4, -0.2) is 56.8 Å². The maximum Gasteiger partial charge on any atom is 0.269 e. The summed E-state index contributed by atoms with van der Waals surface area (Å²) in [5.41, 5.74) is 1.90. The van der Waals surface area contributed by atoms with Crippen LogP contribution in [-0.2, 0) is 11.8 Å². The molecule has 0 radical (unpaired) electrons. The highest BCUT2D eigenvalue weighted by Gasteiger charge is 2.86. The normalized spacial score (nSPS) is 22.1. The lowest BCUT2D eigenvalue weighted by molar-refractivity contribution is -0.124. The number of nitrogens with one attached hydrogen (secondary N) is 2. The van der Waals surface area contributed by atoms with E-state index in [9.17, 15) is 13.6 Å². The number of hydrogen-bond acceptors (Lipinski definition) is 7. The van der Waals surface area contributed by atoms with Gasteiger partial charge in [-0.05, 0) is 0 Å². The molecule has 2 atom stereocenters. The highest BCUT2D eigenvalue weighted by Crippen LogP contribution is 2.68. The number of rotatable bonds is 5. The second-order valence-corrected chi connectivity index (χ2v) is 8.79. The predicted octanol–water partition coefficient (Wildman–Crippen LogP) is 2.89. The van der Waals surface area contributed by atoms with Gasteiger partial charge in [-0.25, -0.2) is 23.7 Å². The van der Waals surface area contributed by atoms with Crippen LogP contribution in [0.2, 0.25) is 0 Å². The molecule has 11 heteroatoms. The van der Waals surface area contributed by atoms with Crippen molar-refractivity contribution >= 4 is 22.8 Å². The van der Waals surface area contributed by atoms with E-state index in [2.05, 4.69) is 30.7 Å². The van der Waals surface area contributed by atoms with Gasteiger partial charge in [0.15, 0.2) is 11.6 Å². The van der Waals surface area contributed by atoms with Crippen LogP contribution in [0.15, 0.2) is 48.9 Å². The molecular formula is C24H21F2N7O2. The van der Waals surface area contributed by atoms with Gasteiger partial charge in [0.2, 0.25) is 5.91 Å². The van der Waals surface area contributed by atoms with E-state index in [-0.39, 0.29) is 24.7 Å². The fourth-order valence-corrected chi connectivity index (χ4v) is 4.98. The number of amides is 1. The number of alkyl halides is 2. The van der Waals surface area contributed by atoms with E-state index in [1.807, 2.05) is 43.6 Å². The number of aromatic nitrogens is 5. The summed E-state index contributed by atoms with van der Waals surface area (Å²) in [6.07, 6.45) is 3.24. The smallest absolute Gasteiger partial charge is 0.269 e. The van der Waals surface area contributed by atoms with Gasteiger partial charge in [-0.2, -0.15) is 5.10 Å². The standard InChI is InChI=1S/C24H21F2N7O2/c1-33-10-14(18(32-33)13-6-4-3-5-7-13)19-20-15(28-12-29-19)8-16(35-2)21(30-20)31-22(34)23-11-27-9-17(23)24(23,25)26/h3-8,10,12,17,27H,9,11H2,1-2H3,(H,30,31,34). The number of hydrogen-bond donors (Lipinski definition) is 2. The van der Waals surface area contributed by atoms with Gasteiger partial charge in [0.1, 0.15) is 28.6 Å². The molecule has 2 N–H and O–H groups in total. The Morgan fingerprint density at radius 3 is 2.74 bits per heavy atom. The molecule has 0 bridgehead atoms. The molecule has 178 valence electrons. The molecule has 1 aromatic carbocycles. The second-order valence-electron chi connectivity index (χ2n) is 8.79. The minimum atomic E-state index is -3.05. The number of piperidine rings is 1. The van der Waals surface area contributed by atoms with Crippen LogP contribution in [0.5, 0.6) is 5.75 Å². The van der Waals surface area contributed by atoms with Crippen molar-refractivity contribution in [2.75, 3.05) is 25.5 Å². The molecule has 0 spiro atoms. The Kier molecular flexibility index (Phi) is 4.62. The van der Waals surface area contributed by atoms with Gasteiger partial charge in [-0.15, -0.1) is 0 Å². The van der Waals surface area contributed by atoms with Gasteiger partial charge in [0.05, 0.1) is 18.5 Å². The minimum Gasteiger partial charge on any atom is -0.493 e. The minimum absolute atomic E-state index is 0.0360. The molecule has 9 nitrogen and oxygen atoms in total. The first-order valence-corrected chi connectivity index (χ1v) is 11.1. The maximum absolute atomic E-state index is 14.4. The number of nitrogens with zero attached hydrogens (tertiary/aromatic N) is 5. The summed E-state index contributed by atoms with van der Waals surface area (Å²) in [7, 11) is 3.22. The number of methoxy groups -OCH3 is 1. The molecule has 4 aromatic rings. The van der Waals surface area contributed by atoms with Crippen molar-refractivity contribution in [3.8, 4) is 28.3 Å². The Balaban J connectivity index is 1.46. The zero-order valence-electron chi connectivity index (χ0n) is 18.9. The van der Waals surface area contributed by atoms with Crippen LogP contribution >= 0.6 is 0 Å². The van der Waals surface area contributed by atoms with Crippen LogP contribution in [0.4, 0.5) is 14.6 Å². The molecular weight excluding hydrogens is 456 g/mol. The molecule has 1 amide bonds. The lowest BCUT2D eigenvalue weighted by Gasteiger charge is -2.16. The summed E-state index contributed by atoms with van der Waals surface area (Å²) in [6.45, 7) is 0.0147. The van der Waals surface area contributed by atoms with Crippen LogP contribution in [0.1, 0.15) is 0 Å². The quantitative estimate of drug-likeness (QED) is 0.455. The molecule has 2 fully saturated rings. The third-order valence-corrected chi connectivity index (χ3v) is 6.86. The Morgan fingerprint density at radius 2 is 2.03 bits per heavy atom. The first-order valence-electron chi connectivity index (χ1n) is 11.1. The molecule has 35 heavy (non-hydrogen) atoms. The van der Waals surface area contributed by atoms with Gasteiger partial charge in [-0.1, -0.05) is 30.3 Å². The fourth-order valence-electron chi connectivity index (χ4n) is 4.98. The third-order valence-electron chi connectivity index (χ3n) is 6.86. The summed E-state index contributed by atoms with van der Waals surface area (Å²) in [4.78, 5) is 26.4. The van der Waals surface area contributed by atoms with Crippen molar-refractivity contribution in [1.29, 1.82) is 0 Å². The first kappa shape index (κ1) is 21.5. The van der Waals surface area contributed by atoms with Gasteiger partial charge >= 0.3 is 0 Å². The van der Waals surface area contributed by atoms with Gasteiger partial charge in [0.25, 0.3) is 5.92 Å². The lowest BCUT2D eigenvalue weighted by atomic mass is 10.0. The first-order chi connectivity index (χ1) is 16.9. The van der Waals surface area contributed by atoms with Gasteiger partial charge in [0, 0.05) is 43.5 Å². The van der Waals surface area contributed by atoms with Crippen LogP contribution in [0.25, 0.3) is 33.5 Å². The molecule has 1 aliphatic heterocycles. The number of pyridine rings is 1. The van der Waals surface area contributed by atoms with Crippen molar-refractivity contribution in [2.24, 2.45) is 18.4 Å². The summed E-state index contributed by atoms with van der Waals surface area (Å²) >= 11 is 0. The average molecular weight is 477 g/mol. The highest BCUT2D eigenvalue weighted by molar-refractivity contribution is 6.02. The number of aryl methyl sites for hydroxylation is 1. The van der Waals surface area contributed by atoms with E-state index in [1.54, 1.807) is 10.7 Å². The van der Waals surface area contributed by atoms with Gasteiger partial charge in [-0.3, -0.25) is 9.48 Å². The second kappa shape index (κ2) is 7.51. The number of carbonyl (C=O) groups excluding carboxylic acids is 1. The molecule has 3 aromatic heterocycles. The monoisotopic (exact) mass is 477 g/mol. The van der Waals surface area contributed by atoms with Crippen molar-refractivity contribution in [3.63, 3.8) is 0 Å². The molecule has 4 heterocycles. The number of ether oxygens (including phenoxy) is 1. The van der Waals surface area contributed by atoms with Crippen LogP contribution in [0, 0.1) is 11.3 Å². The van der Waals surface area contributed by atoms with E-state index >= 15 is 0 Å². The zero-order chi connectivity index (χ0) is 24.4. The largest absolute Gasteiger partial charge is 0.493 e. The predicted molar refractivity (Wildman–Crippen MR) is 124 cm³/mol. The highest BCUT2D eigenvalue weighted by atomic mass is 19.3. The Morgan fingerprint density at radius 1 is 1.23 bits per heavy atom. The molecule has 2 aliphatic rings. The zero-order valence-corrected chi connectivity index (χ0v) is 18.9. The molecule has 1 saturated heterocycles. The molecule has 1 aliphatic carbocycles. The third kappa shape index (κ3) is 3.04. The fraction of sp³-hybridized carbons (Fsp3) is 0.292.